The summed E-state index contributed by atoms with van der Waals surface area (Å²) in [6.45, 7) is 5.49. The van der Waals surface area contributed by atoms with Crippen molar-refractivity contribution in [2.24, 2.45) is 0 Å². The highest BCUT2D eigenvalue weighted by Gasteiger charge is 2.21. The molecule has 3 aromatic rings. The first-order valence-corrected chi connectivity index (χ1v) is 10.3. The fourth-order valence-corrected chi connectivity index (χ4v) is 3.82. The van der Waals surface area contributed by atoms with E-state index in [9.17, 15) is 10.1 Å². The Hall–Kier alpha value is -3.38. The number of nitrogens with zero attached hydrogens (tertiary/aromatic N) is 2. The second-order valence-electron chi connectivity index (χ2n) is 7.61. The highest BCUT2D eigenvalue weighted by Crippen LogP contribution is 2.19. The molecule has 0 bridgehead atoms. The van der Waals surface area contributed by atoms with Crippen LogP contribution in [0.4, 0.5) is 11.4 Å². The number of anilines is 1. The molecule has 0 aliphatic carbocycles. The van der Waals surface area contributed by atoms with Crippen molar-refractivity contribution in [1.82, 2.24) is 0 Å². The van der Waals surface area contributed by atoms with Crippen LogP contribution in [-0.4, -0.2) is 31.1 Å². The smallest absolute Gasteiger partial charge is 0.269 e. The molecule has 0 saturated carbocycles. The average Bonchev–Trinajstić information content (AvgIpc) is 2.79. The summed E-state index contributed by atoms with van der Waals surface area (Å²) in [5, 5.41) is 10.8. The van der Waals surface area contributed by atoms with Gasteiger partial charge in [0.15, 0.2) is 0 Å². The predicted octanol–water partition coefficient (Wildman–Crippen LogP) is 3.08. The Bertz CT molecular complexity index is 969. The molecular formula is C24H26N3O3+. The molecule has 1 fully saturated rings. The number of ether oxygens (including phenoxy) is 1. The van der Waals surface area contributed by atoms with Crippen molar-refractivity contribution in [3.8, 4) is 5.75 Å². The minimum absolute atomic E-state index is 0.136. The number of non-ortho nitro benzene ring substituents is 1. The minimum atomic E-state index is -0.358. The van der Waals surface area contributed by atoms with Crippen molar-refractivity contribution in [3.05, 3.63) is 100 Å². The molecule has 3 aromatic carbocycles. The van der Waals surface area contributed by atoms with Gasteiger partial charge in [-0.1, -0.05) is 42.5 Å². The van der Waals surface area contributed by atoms with Crippen LogP contribution in [0, 0.1) is 10.1 Å². The molecule has 0 radical (unpaired) electrons. The second-order valence-corrected chi connectivity index (χ2v) is 7.61. The van der Waals surface area contributed by atoms with Crippen LogP contribution in [0.15, 0.2) is 78.9 Å². The topological polar surface area (TPSA) is 60.0 Å². The van der Waals surface area contributed by atoms with Crippen LogP contribution in [0.25, 0.3) is 0 Å². The van der Waals surface area contributed by atoms with Gasteiger partial charge in [0.1, 0.15) is 18.9 Å². The quantitative estimate of drug-likeness (QED) is 0.486. The summed E-state index contributed by atoms with van der Waals surface area (Å²) in [7, 11) is 0. The number of piperazine rings is 1. The first-order chi connectivity index (χ1) is 14.7. The minimum Gasteiger partial charge on any atom is -0.489 e. The molecule has 1 aliphatic rings. The molecule has 0 spiro atoms. The molecule has 1 N–H and O–H groups in total. The number of benzene rings is 3. The van der Waals surface area contributed by atoms with Crippen LogP contribution in [0.1, 0.15) is 11.1 Å². The lowest BCUT2D eigenvalue weighted by atomic mass is 10.1. The summed E-state index contributed by atoms with van der Waals surface area (Å²) in [5.74, 6) is 0.903. The Morgan fingerprint density at radius 1 is 0.900 bits per heavy atom. The number of quaternary nitrogens is 1. The molecule has 1 aliphatic heterocycles. The van der Waals surface area contributed by atoms with E-state index in [1.54, 1.807) is 12.1 Å². The van der Waals surface area contributed by atoms with Gasteiger partial charge in [-0.05, 0) is 29.8 Å². The van der Waals surface area contributed by atoms with Gasteiger partial charge < -0.3 is 14.5 Å². The van der Waals surface area contributed by atoms with Crippen molar-refractivity contribution in [1.29, 1.82) is 0 Å². The van der Waals surface area contributed by atoms with Crippen molar-refractivity contribution in [3.63, 3.8) is 0 Å². The van der Waals surface area contributed by atoms with E-state index in [0.29, 0.717) is 6.61 Å². The second kappa shape index (κ2) is 9.41. The van der Waals surface area contributed by atoms with Crippen LogP contribution < -0.4 is 14.5 Å². The molecule has 1 saturated heterocycles. The average molecular weight is 404 g/mol. The maximum absolute atomic E-state index is 10.8. The number of hydrogen-bond donors (Lipinski definition) is 1. The Morgan fingerprint density at radius 2 is 1.60 bits per heavy atom. The van der Waals surface area contributed by atoms with Crippen molar-refractivity contribution >= 4 is 11.4 Å². The molecule has 154 valence electrons. The zero-order valence-corrected chi connectivity index (χ0v) is 16.9. The van der Waals surface area contributed by atoms with Crippen LogP contribution >= 0.6 is 0 Å². The third-order valence-corrected chi connectivity index (χ3v) is 5.50. The standard InChI is InChI=1S/C24H25N3O3/c28-27(29)23-11-9-22(10-12-23)26-15-13-25(14-16-26)18-21-7-4-8-24(17-21)30-19-20-5-2-1-3-6-20/h1-12,17H,13-16,18-19H2/p+1. The molecule has 4 rings (SSSR count). The van der Waals surface area contributed by atoms with Crippen molar-refractivity contribution < 1.29 is 14.6 Å². The monoisotopic (exact) mass is 404 g/mol. The lowest BCUT2D eigenvalue weighted by Crippen LogP contribution is -3.13. The number of nitro groups is 1. The van der Waals surface area contributed by atoms with E-state index in [-0.39, 0.29) is 10.6 Å². The van der Waals surface area contributed by atoms with Crippen LogP contribution in [0.5, 0.6) is 5.75 Å². The molecule has 0 unspecified atom stereocenters. The normalized spacial score (nSPS) is 14.5. The van der Waals surface area contributed by atoms with Gasteiger partial charge in [-0.25, -0.2) is 0 Å². The maximum Gasteiger partial charge on any atom is 0.269 e. The molecule has 6 heteroatoms. The fourth-order valence-electron chi connectivity index (χ4n) is 3.82. The number of hydrogen-bond acceptors (Lipinski definition) is 4. The maximum atomic E-state index is 10.8. The SMILES string of the molecule is O=[N+]([O-])c1ccc(N2CC[NH+](Cc3cccc(OCc4ccccc4)c3)CC2)cc1. The lowest BCUT2D eigenvalue weighted by Gasteiger charge is -2.33. The number of nitro benzene ring substituents is 1. The molecule has 6 nitrogen and oxygen atoms in total. The van der Waals surface area contributed by atoms with Gasteiger partial charge >= 0.3 is 0 Å². The molecule has 0 atom stereocenters. The van der Waals surface area contributed by atoms with E-state index < -0.39 is 0 Å². The Morgan fingerprint density at radius 3 is 2.30 bits per heavy atom. The zero-order valence-electron chi connectivity index (χ0n) is 16.9. The number of nitrogens with one attached hydrogen (secondary N) is 1. The van der Waals surface area contributed by atoms with E-state index in [2.05, 4.69) is 35.2 Å². The fraction of sp³-hybridized carbons (Fsp3) is 0.250. The number of rotatable bonds is 7. The summed E-state index contributed by atoms with van der Waals surface area (Å²) in [4.78, 5) is 14.3. The van der Waals surface area contributed by atoms with Gasteiger partial charge in [0.2, 0.25) is 0 Å². The summed E-state index contributed by atoms with van der Waals surface area (Å²) in [6.07, 6.45) is 0. The van der Waals surface area contributed by atoms with Gasteiger partial charge in [-0.2, -0.15) is 0 Å². The third-order valence-electron chi connectivity index (χ3n) is 5.50. The van der Waals surface area contributed by atoms with Gasteiger partial charge in [0.25, 0.3) is 5.69 Å². The Labute approximate surface area is 176 Å². The van der Waals surface area contributed by atoms with E-state index in [4.69, 9.17) is 4.74 Å². The largest absolute Gasteiger partial charge is 0.489 e. The Balaban J connectivity index is 1.29. The molecule has 1 heterocycles. The third kappa shape index (κ3) is 5.15. The molecule has 30 heavy (non-hydrogen) atoms. The van der Waals surface area contributed by atoms with Crippen LogP contribution in [-0.2, 0) is 13.2 Å². The highest BCUT2D eigenvalue weighted by molar-refractivity contribution is 5.51. The lowest BCUT2D eigenvalue weighted by molar-refractivity contribution is -0.914. The van der Waals surface area contributed by atoms with Crippen LogP contribution in [0.3, 0.4) is 0 Å². The summed E-state index contributed by atoms with van der Waals surface area (Å²) in [5.41, 5.74) is 3.63. The van der Waals surface area contributed by atoms with Gasteiger partial charge in [-0.15, -0.1) is 0 Å². The molecule has 0 aromatic heterocycles. The predicted molar refractivity (Wildman–Crippen MR) is 117 cm³/mol. The summed E-state index contributed by atoms with van der Waals surface area (Å²) >= 11 is 0. The molecule has 0 amide bonds. The van der Waals surface area contributed by atoms with Gasteiger partial charge in [-0.3, -0.25) is 10.1 Å². The van der Waals surface area contributed by atoms with E-state index in [1.165, 1.54) is 10.5 Å². The van der Waals surface area contributed by atoms with E-state index in [0.717, 1.165) is 49.7 Å². The summed E-state index contributed by atoms with van der Waals surface area (Å²) < 4.78 is 5.96. The van der Waals surface area contributed by atoms with Crippen LogP contribution in [0.2, 0.25) is 0 Å². The van der Waals surface area contributed by atoms with Gasteiger partial charge in [0, 0.05) is 23.4 Å². The first kappa shape index (κ1) is 19.9. The highest BCUT2D eigenvalue weighted by atomic mass is 16.6. The van der Waals surface area contributed by atoms with Crippen molar-refractivity contribution in [2.75, 3.05) is 31.1 Å². The van der Waals surface area contributed by atoms with Crippen molar-refractivity contribution in [2.45, 2.75) is 13.2 Å². The summed E-state index contributed by atoms with van der Waals surface area (Å²) in [6, 6.07) is 25.4. The molecular weight excluding hydrogens is 378 g/mol. The van der Waals surface area contributed by atoms with E-state index in [1.807, 2.05) is 36.4 Å². The van der Waals surface area contributed by atoms with E-state index >= 15 is 0 Å². The first-order valence-electron chi connectivity index (χ1n) is 10.3. The zero-order chi connectivity index (χ0) is 20.8. The Kier molecular flexibility index (Phi) is 6.25. The van der Waals surface area contributed by atoms with Gasteiger partial charge in [0.05, 0.1) is 31.1 Å².